The van der Waals surface area contributed by atoms with Crippen LogP contribution >= 0.6 is 0 Å². The molecule has 0 aromatic carbocycles. The maximum Gasteiger partial charge on any atom is 0.246 e. The Labute approximate surface area is 69.7 Å². The summed E-state index contributed by atoms with van der Waals surface area (Å²) in [5.74, 6) is 0.452. The lowest BCUT2D eigenvalue weighted by atomic mass is 10.4. The number of hydrogen-bond acceptors (Lipinski definition) is 4. The number of rotatable bonds is 4. The van der Waals surface area contributed by atoms with Crippen molar-refractivity contribution in [3.63, 3.8) is 0 Å². The summed E-state index contributed by atoms with van der Waals surface area (Å²) in [5.41, 5.74) is 0. The average molecular weight is 170 g/mol. The van der Waals surface area contributed by atoms with Crippen molar-refractivity contribution in [1.29, 1.82) is 0 Å². The smallest absolute Gasteiger partial charge is 0.246 e. The minimum atomic E-state index is -0.172. The van der Waals surface area contributed by atoms with Gasteiger partial charge >= 0.3 is 0 Å². The topological polar surface area (TPSA) is 64.4 Å². The molecule has 0 aliphatic rings. The lowest BCUT2D eigenvalue weighted by Crippen LogP contribution is -2.26. The molecule has 0 spiro atoms. The highest BCUT2D eigenvalue weighted by Crippen LogP contribution is 1.94. The standard InChI is InChI=1S/C7H10N2O3/c1-11-5-7(10)8-4-6-2-3-9-12-6/h2-3H,4-5H2,1H3,(H,8,10). The molecule has 1 aromatic rings. The first kappa shape index (κ1) is 8.73. The van der Waals surface area contributed by atoms with Crippen molar-refractivity contribution in [2.45, 2.75) is 6.54 Å². The van der Waals surface area contributed by atoms with E-state index in [9.17, 15) is 4.79 Å². The van der Waals surface area contributed by atoms with Gasteiger partial charge in [-0.3, -0.25) is 4.79 Å². The van der Waals surface area contributed by atoms with Crippen LogP contribution in [0, 0.1) is 0 Å². The Balaban J connectivity index is 2.22. The summed E-state index contributed by atoms with van der Waals surface area (Å²) in [7, 11) is 1.47. The molecule has 5 nitrogen and oxygen atoms in total. The Hall–Kier alpha value is -1.36. The van der Waals surface area contributed by atoms with Crippen molar-refractivity contribution < 1.29 is 14.1 Å². The Morgan fingerprint density at radius 2 is 2.67 bits per heavy atom. The van der Waals surface area contributed by atoms with Crippen molar-refractivity contribution in [2.75, 3.05) is 13.7 Å². The van der Waals surface area contributed by atoms with E-state index < -0.39 is 0 Å². The quantitative estimate of drug-likeness (QED) is 0.687. The molecule has 0 fully saturated rings. The molecule has 0 bridgehead atoms. The third-order valence-electron chi connectivity index (χ3n) is 1.23. The number of carbonyl (C=O) groups is 1. The predicted octanol–water partition coefficient (Wildman–Crippen LogP) is -0.0628. The van der Waals surface area contributed by atoms with E-state index in [0.717, 1.165) is 0 Å². The molecule has 0 aliphatic heterocycles. The molecule has 0 atom stereocenters. The molecule has 0 radical (unpaired) electrons. The first-order chi connectivity index (χ1) is 5.83. The summed E-state index contributed by atoms with van der Waals surface area (Å²) in [4.78, 5) is 10.8. The lowest BCUT2D eigenvalue weighted by Gasteiger charge is -1.99. The third kappa shape index (κ3) is 2.71. The summed E-state index contributed by atoms with van der Waals surface area (Å²) in [6.07, 6.45) is 1.53. The molecular weight excluding hydrogens is 160 g/mol. The van der Waals surface area contributed by atoms with Crippen molar-refractivity contribution in [3.8, 4) is 0 Å². The van der Waals surface area contributed by atoms with Gasteiger partial charge in [0, 0.05) is 13.2 Å². The molecule has 0 unspecified atom stereocenters. The molecule has 1 heterocycles. The van der Waals surface area contributed by atoms with Gasteiger partial charge in [0.1, 0.15) is 6.61 Å². The highest BCUT2D eigenvalue weighted by Gasteiger charge is 2.01. The van der Waals surface area contributed by atoms with Crippen LogP contribution < -0.4 is 5.32 Å². The number of carbonyl (C=O) groups excluding carboxylic acids is 1. The van der Waals surface area contributed by atoms with Gasteiger partial charge in [0.05, 0.1) is 12.7 Å². The number of nitrogens with one attached hydrogen (secondary N) is 1. The Bertz CT molecular complexity index is 233. The third-order valence-corrected chi connectivity index (χ3v) is 1.23. The van der Waals surface area contributed by atoms with E-state index in [1.165, 1.54) is 13.3 Å². The van der Waals surface area contributed by atoms with E-state index in [2.05, 4.69) is 15.2 Å². The lowest BCUT2D eigenvalue weighted by molar-refractivity contribution is -0.124. The Kier molecular flexibility index (Phi) is 3.28. The number of hydrogen-bond donors (Lipinski definition) is 1. The van der Waals surface area contributed by atoms with Crippen LogP contribution in [0.15, 0.2) is 16.8 Å². The molecule has 0 saturated heterocycles. The fourth-order valence-corrected chi connectivity index (χ4v) is 0.701. The summed E-state index contributed by atoms with van der Waals surface area (Å²) < 4.78 is 9.37. The van der Waals surface area contributed by atoms with Gasteiger partial charge < -0.3 is 14.6 Å². The molecule has 1 N–H and O–H groups in total. The Morgan fingerprint density at radius 3 is 3.25 bits per heavy atom. The fraction of sp³-hybridized carbons (Fsp3) is 0.429. The van der Waals surface area contributed by atoms with E-state index in [1.807, 2.05) is 0 Å². The number of ether oxygens (including phenoxy) is 1. The molecule has 1 amide bonds. The van der Waals surface area contributed by atoms with Crippen LogP contribution in [0.2, 0.25) is 0 Å². The predicted molar refractivity (Wildman–Crippen MR) is 40.2 cm³/mol. The minimum Gasteiger partial charge on any atom is -0.375 e. The van der Waals surface area contributed by atoms with Gasteiger partial charge in [-0.1, -0.05) is 5.16 Å². The zero-order chi connectivity index (χ0) is 8.81. The normalized spacial score (nSPS) is 9.75. The van der Waals surface area contributed by atoms with Crippen LogP contribution in [0.1, 0.15) is 5.76 Å². The first-order valence-corrected chi connectivity index (χ1v) is 3.48. The van der Waals surface area contributed by atoms with Crippen molar-refractivity contribution in [2.24, 2.45) is 0 Å². The van der Waals surface area contributed by atoms with Crippen molar-refractivity contribution >= 4 is 5.91 Å². The minimum absolute atomic E-state index is 0.0636. The molecule has 66 valence electrons. The van der Waals surface area contributed by atoms with Gasteiger partial charge in [-0.15, -0.1) is 0 Å². The monoisotopic (exact) mass is 170 g/mol. The van der Waals surface area contributed by atoms with Crippen LogP contribution in [0.4, 0.5) is 0 Å². The maximum atomic E-state index is 10.8. The highest BCUT2D eigenvalue weighted by atomic mass is 16.5. The zero-order valence-corrected chi connectivity index (χ0v) is 6.74. The summed E-state index contributed by atoms with van der Waals surface area (Å²) >= 11 is 0. The van der Waals surface area contributed by atoms with Gasteiger partial charge in [0.2, 0.25) is 5.91 Å². The SMILES string of the molecule is COCC(=O)NCc1ccno1. The van der Waals surface area contributed by atoms with E-state index in [1.54, 1.807) is 6.07 Å². The second-order valence-electron chi connectivity index (χ2n) is 2.19. The summed E-state index contributed by atoms with van der Waals surface area (Å²) in [6, 6.07) is 1.69. The van der Waals surface area contributed by atoms with Crippen LogP contribution in [0.5, 0.6) is 0 Å². The fourth-order valence-electron chi connectivity index (χ4n) is 0.701. The molecule has 1 rings (SSSR count). The number of methoxy groups -OCH3 is 1. The molecule has 1 aromatic heterocycles. The zero-order valence-electron chi connectivity index (χ0n) is 6.74. The highest BCUT2D eigenvalue weighted by molar-refractivity contribution is 5.76. The molecule has 0 saturated carbocycles. The van der Waals surface area contributed by atoms with Crippen molar-refractivity contribution in [1.82, 2.24) is 10.5 Å². The van der Waals surface area contributed by atoms with E-state index >= 15 is 0 Å². The van der Waals surface area contributed by atoms with Gasteiger partial charge in [-0.05, 0) is 0 Å². The van der Waals surface area contributed by atoms with Crippen LogP contribution in [0.25, 0.3) is 0 Å². The van der Waals surface area contributed by atoms with Crippen LogP contribution in [-0.4, -0.2) is 24.8 Å². The number of nitrogens with zero attached hydrogens (tertiary/aromatic N) is 1. The molecule has 12 heavy (non-hydrogen) atoms. The van der Waals surface area contributed by atoms with Gasteiger partial charge in [-0.2, -0.15) is 0 Å². The number of aromatic nitrogens is 1. The Morgan fingerprint density at radius 1 is 1.83 bits per heavy atom. The largest absolute Gasteiger partial charge is 0.375 e. The first-order valence-electron chi connectivity index (χ1n) is 3.48. The van der Waals surface area contributed by atoms with E-state index in [0.29, 0.717) is 12.3 Å². The molecular formula is C7H10N2O3. The average Bonchev–Trinajstić information content (AvgIpc) is 2.53. The molecule has 5 heteroatoms. The van der Waals surface area contributed by atoms with Gasteiger partial charge in [-0.25, -0.2) is 0 Å². The van der Waals surface area contributed by atoms with Crippen LogP contribution in [0.3, 0.4) is 0 Å². The van der Waals surface area contributed by atoms with Gasteiger partial charge in [0.25, 0.3) is 0 Å². The van der Waals surface area contributed by atoms with E-state index in [4.69, 9.17) is 4.52 Å². The van der Waals surface area contributed by atoms with Gasteiger partial charge in [0.15, 0.2) is 5.76 Å². The van der Waals surface area contributed by atoms with E-state index in [-0.39, 0.29) is 12.5 Å². The maximum absolute atomic E-state index is 10.8. The summed E-state index contributed by atoms with van der Waals surface area (Å²) in [6.45, 7) is 0.413. The number of amides is 1. The van der Waals surface area contributed by atoms with Crippen molar-refractivity contribution in [3.05, 3.63) is 18.0 Å². The second kappa shape index (κ2) is 4.50. The second-order valence-corrected chi connectivity index (χ2v) is 2.19. The summed E-state index contributed by atoms with van der Waals surface area (Å²) in [5, 5.41) is 6.08. The molecule has 0 aliphatic carbocycles. The van der Waals surface area contributed by atoms with Crippen LogP contribution in [-0.2, 0) is 16.1 Å².